The van der Waals surface area contributed by atoms with Crippen molar-refractivity contribution in [2.24, 2.45) is 0 Å². The SMILES string of the molecule is OC1(CC(c2ccccc2)c2ccccc2)CCNC1. The molecule has 2 nitrogen and oxygen atoms in total. The van der Waals surface area contributed by atoms with Crippen LogP contribution in [0, 0.1) is 0 Å². The lowest BCUT2D eigenvalue weighted by Gasteiger charge is -2.28. The van der Waals surface area contributed by atoms with Crippen molar-refractivity contribution in [1.29, 1.82) is 0 Å². The number of benzene rings is 2. The lowest BCUT2D eigenvalue weighted by atomic mass is 9.81. The van der Waals surface area contributed by atoms with Crippen LogP contribution < -0.4 is 5.32 Å². The predicted octanol–water partition coefficient (Wildman–Crippen LogP) is 2.93. The Morgan fingerprint density at radius 2 is 1.50 bits per heavy atom. The number of hydrogen-bond donors (Lipinski definition) is 2. The molecule has 2 heteroatoms. The fourth-order valence-electron chi connectivity index (χ4n) is 3.08. The molecule has 3 rings (SSSR count). The Hall–Kier alpha value is -1.64. The van der Waals surface area contributed by atoms with E-state index < -0.39 is 5.60 Å². The predicted molar refractivity (Wildman–Crippen MR) is 81.8 cm³/mol. The Balaban J connectivity index is 1.92. The fourth-order valence-corrected chi connectivity index (χ4v) is 3.08. The molecule has 2 aromatic rings. The highest BCUT2D eigenvalue weighted by molar-refractivity contribution is 5.33. The second-order valence-electron chi connectivity index (χ2n) is 5.73. The van der Waals surface area contributed by atoms with E-state index in [0.29, 0.717) is 6.54 Å². The average Bonchev–Trinajstić information content (AvgIpc) is 2.94. The Morgan fingerprint density at radius 3 is 1.95 bits per heavy atom. The van der Waals surface area contributed by atoms with Gasteiger partial charge in [0, 0.05) is 12.5 Å². The fraction of sp³-hybridized carbons (Fsp3) is 0.333. The van der Waals surface area contributed by atoms with Crippen LogP contribution in [0.4, 0.5) is 0 Å². The molecule has 0 radical (unpaired) electrons. The molecule has 20 heavy (non-hydrogen) atoms. The van der Waals surface area contributed by atoms with E-state index in [4.69, 9.17) is 0 Å². The van der Waals surface area contributed by atoms with Gasteiger partial charge in [-0.25, -0.2) is 0 Å². The Morgan fingerprint density at radius 1 is 0.950 bits per heavy atom. The molecule has 1 aliphatic rings. The van der Waals surface area contributed by atoms with E-state index >= 15 is 0 Å². The third kappa shape index (κ3) is 2.92. The van der Waals surface area contributed by atoms with Crippen LogP contribution in [0.25, 0.3) is 0 Å². The molecule has 0 spiro atoms. The first-order chi connectivity index (χ1) is 9.77. The first-order valence-electron chi connectivity index (χ1n) is 7.30. The van der Waals surface area contributed by atoms with Crippen molar-refractivity contribution in [2.45, 2.75) is 24.4 Å². The van der Waals surface area contributed by atoms with Gasteiger partial charge in [0.2, 0.25) is 0 Å². The second-order valence-corrected chi connectivity index (χ2v) is 5.73. The van der Waals surface area contributed by atoms with Crippen molar-refractivity contribution in [3.05, 3.63) is 71.8 Å². The van der Waals surface area contributed by atoms with Crippen molar-refractivity contribution in [3.63, 3.8) is 0 Å². The molecule has 0 bridgehead atoms. The zero-order valence-corrected chi connectivity index (χ0v) is 11.6. The standard InChI is InChI=1S/C18H21NO/c20-18(11-12-19-14-18)13-17(15-7-3-1-4-8-15)16-9-5-2-6-10-16/h1-10,17,19-20H,11-14H2. The lowest BCUT2D eigenvalue weighted by Crippen LogP contribution is -2.33. The minimum Gasteiger partial charge on any atom is -0.388 e. The summed E-state index contributed by atoms with van der Waals surface area (Å²) in [5.74, 6) is 0.252. The summed E-state index contributed by atoms with van der Waals surface area (Å²) < 4.78 is 0. The van der Waals surface area contributed by atoms with Gasteiger partial charge >= 0.3 is 0 Å². The van der Waals surface area contributed by atoms with Crippen molar-refractivity contribution < 1.29 is 5.11 Å². The summed E-state index contributed by atoms with van der Waals surface area (Å²) >= 11 is 0. The Kier molecular flexibility index (Phi) is 3.86. The minimum atomic E-state index is -0.587. The van der Waals surface area contributed by atoms with Crippen LogP contribution in [0.5, 0.6) is 0 Å². The molecular weight excluding hydrogens is 246 g/mol. The van der Waals surface area contributed by atoms with E-state index in [0.717, 1.165) is 19.4 Å². The number of nitrogens with one attached hydrogen (secondary N) is 1. The molecule has 0 amide bonds. The smallest absolute Gasteiger partial charge is 0.0792 e. The van der Waals surface area contributed by atoms with Gasteiger partial charge in [-0.3, -0.25) is 0 Å². The zero-order valence-electron chi connectivity index (χ0n) is 11.6. The molecule has 0 saturated carbocycles. The highest BCUT2D eigenvalue weighted by Gasteiger charge is 2.34. The normalized spacial score (nSPS) is 22.3. The van der Waals surface area contributed by atoms with Crippen LogP contribution >= 0.6 is 0 Å². The molecule has 2 N–H and O–H groups in total. The summed E-state index contributed by atoms with van der Waals surface area (Å²) in [5.41, 5.74) is 1.97. The average molecular weight is 267 g/mol. The number of rotatable bonds is 4. The van der Waals surface area contributed by atoms with Gasteiger partial charge in [0.05, 0.1) is 5.60 Å². The summed E-state index contributed by atoms with van der Waals surface area (Å²) in [6.07, 6.45) is 1.61. The number of aliphatic hydroxyl groups is 1. The first-order valence-corrected chi connectivity index (χ1v) is 7.30. The third-order valence-corrected chi connectivity index (χ3v) is 4.21. The quantitative estimate of drug-likeness (QED) is 0.892. The van der Waals surface area contributed by atoms with Gasteiger partial charge < -0.3 is 10.4 Å². The molecule has 1 atom stereocenters. The van der Waals surface area contributed by atoms with Crippen LogP contribution in [0.15, 0.2) is 60.7 Å². The van der Waals surface area contributed by atoms with Crippen molar-refractivity contribution in [3.8, 4) is 0 Å². The second kappa shape index (κ2) is 5.78. The van der Waals surface area contributed by atoms with E-state index in [1.165, 1.54) is 11.1 Å². The van der Waals surface area contributed by atoms with Crippen molar-refractivity contribution in [2.75, 3.05) is 13.1 Å². The van der Waals surface area contributed by atoms with Gasteiger partial charge in [-0.1, -0.05) is 60.7 Å². The maximum atomic E-state index is 10.7. The first kappa shape index (κ1) is 13.3. The highest BCUT2D eigenvalue weighted by atomic mass is 16.3. The largest absolute Gasteiger partial charge is 0.388 e. The summed E-state index contributed by atoms with van der Waals surface area (Å²) in [4.78, 5) is 0. The van der Waals surface area contributed by atoms with E-state index in [2.05, 4.69) is 53.8 Å². The molecule has 2 aromatic carbocycles. The van der Waals surface area contributed by atoms with Crippen molar-refractivity contribution >= 4 is 0 Å². The van der Waals surface area contributed by atoms with Gasteiger partial charge in [0.1, 0.15) is 0 Å². The van der Waals surface area contributed by atoms with E-state index in [1.54, 1.807) is 0 Å². The molecule has 0 aliphatic carbocycles. The van der Waals surface area contributed by atoms with Gasteiger partial charge in [-0.15, -0.1) is 0 Å². The minimum absolute atomic E-state index is 0.252. The Bertz CT molecular complexity index is 492. The number of β-amino-alcohol motifs (C(OH)–C–C–N with tert-alkyl or cyclic N) is 1. The molecule has 1 unspecified atom stereocenters. The molecular formula is C18H21NO. The van der Waals surface area contributed by atoms with Gasteiger partial charge in [-0.2, -0.15) is 0 Å². The molecule has 104 valence electrons. The molecule has 1 heterocycles. The van der Waals surface area contributed by atoms with Crippen molar-refractivity contribution in [1.82, 2.24) is 5.32 Å². The summed E-state index contributed by atoms with van der Waals surface area (Å²) in [7, 11) is 0. The summed E-state index contributed by atoms with van der Waals surface area (Å²) in [6, 6.07) is 21.0. The van der Waals surface area contributed by atoms with Crippen LogP contribution in [0.1, 0.15) is 29.9 Å². The summed E-state index contributed by atoms with van der Waals surface area (Å²) in [6.45, 7) is 1.61. The van der Waals surface area contributed by atoms with E-state index in [-0.39, 0.29) is 5.92 Å². The zero-order chi connectivity index (χ0) is 13.8. The lowest BCUT2D eigenvalue weighted by molar-refractivity contribution is 0.0481. The molecule has 0 aromatic heterocycles. The summed E-state index contributed by atoms with van der Waals surface area (Å²) in [5, 5.41) is 14.0. The molecule has 1 aliphatic heterocycles. The Labute approximate surface area is 120 Å². The van der Waals surface area contributed by atoms with Crippen LogP contribution in [0.3, 0.4) is 0 Å². The third-order valence-electron chi connectivity index (χ3n) is 4.21. The highest BCUT2D eigenvalue weighted by Crippen LogP contribution is 2.34. The number of hydrogen-bond acceptors (Lipinski definition) is 2. The van der Waals surface area contributed by atoms with Gasteiger partial charge in [-0.05, 0) is 30.5 Å². The molecule has 1 saturated heterocycles. The van der Waals surface area contributed by atoms with E-state index in [9.17, 15) is 5.11 Å². The van der Waals surface area contributed by atoms with Crippen LogP contribution in [0.2, 0.25) is 0 Å². The van der Waals surface area contributed by atoms with Gasteiger partial charge in [0.15, 0.2) is 0 Å². The maximum Gasteiger partial charge on any atom is 0.0792 e. The topological polar surface area (TPSA) is 32.3 Å². The van der Waals surface area contributed by atoms with E-state index in [1.807, 2.05) is 12.1 Å². The monoisotopic (exact) mass is 267 g/mol. The van der Waals surface area contributed by atoms with Gasteiger partial charge in [0.25, 0.3) is 0 Å². The molecule has 1 fully saturated rings. The maximum absolute atomic E-state index is 10.7. The van der Waals surface area contributed by atoms with Crippen LogP contribution in [-0.4, -0.2) is 23.8 Å². The van der Waals surface area contributed by atoms with Crippen LogP contribution in [-0.2, 0) is 0 Å².